The molecule has 1 aromatic heterocycles. The molecule has 3 rings (SSSR count). The predicted molar refractivity (Wildman–Crippen MR) is 127 cm³/mol. The number of rotatable bonds is 10. The van der Waals surface area contributed by atoms with E-state index in [4.69, 9.17) is 18.9 Å². The van der Waals surface area contributed by atoms with Gasteiger partial charge in [0.25, 0.3) is 5.91 Å². The van der Waals surface area contributed by atoms with Gasteiger partial charge in [0.05, 0.1) is 26.4 Å². The van der Waals surface area contributed by atoms with Crippen molar-refractivity contribution in [1.82, 2.24) is 10.3 Å². The highest BCUT2D eigenvalue weighted by atomic mass is 16.5. The number of nitrogens with one attached hydrogen (secondary N) is 1. The monoisotopic (exact) mass is 448 g/mol. The molecule has 7 nitrogen and oxygen atoms in total. The van der Waals surface area contributed by atoms with Crippen molar-refractivity contribution < 1.29 is 23.7 Å². The van der Waals surface area contributed by atoms with Crippen molar-refractivity contribution >= 4 is 16.8 Å². The van der Waals surface area contributed by atoms with E-state index in [0.29, 0.717) is 48.4 Å². The molecule has 0 bridgehead atoms. The van der Waals surface area contributed by atoms with Gasteiger partial charge in [0.15, 0.2) is 11.5 Å². The zero-order valence-electron chi connectivity index (χ0n) is 19.1. The number of hydrogen-bond donors (Lipinski definition) is 1. The maximum Gasteiger partial charge on any atom is 0.252 e. The average molecular weight is 449 g/mol. The van der Waals surface area contributed by atoms with Crippen molar-refractivity contribution in [1.29, 1.82) is 0 Å². The normalized spacial score (nSPS) is 10.2. The van der Waals surface area contributed by atoms with E-state index in [2.05, 4.69) is 22.1 Å². The maximum atomic E-state index is 12.7. The highest BCUT2D eigenvalue weighted by Gasteiger charge is 2.18. The van der Waals surface area contributed by atoms with Crippen LogP contribution in [0, 0.1) is 11.8 Å². The molecule has 0 spiro atoms. The van der Waals surface area contributed by atoms with Crippen molar-refractivity contribution in [2.75, 3.05) is 33.0 Å². The highest BCUT2D eigenvalue weighted by Crippen LogP contribution is 2.39. The number of aromatic nitrogens is 1. The molecule has 0 radical (unpaired) electrons. The number of para-hydroxylation sites is 1. The number of pyridine rings is 1. The van der Waals surface area contributed by atoms with Crippen LogP contribution < -0.4 is 24.3 Å². The fourth-order valence-corrected chi connectivity index (χ4v) is 3.17. The highest BCUT2D eigenvalue weighted by molar-refractivity contribution is 5.95. The topological polar surface area (TPSA) is 78.9 Å². The fourth-order valence-electron chi connectivity index (χ4n) is 3.17. The largest absolute Gasteiger partial charge is 0.490 e. The van der Waals surface area contributed by atoms with Crippen LogP contribution in [-0.4, -0.2) is 43.9 Å². The Morgan fingerprint density at radius 2 is 1.58 bits per heavy atom. The third-order valence-corrected chi connectivity index (χ3v) is 4.53. The summed E-state index contributed by atoms with van der Waals surface area (Å²) in [6.07, 6.45) is 1.73. The van der Waals surface area contributed by atoms with Crippen LogP contribution >= 0.6 is 0 Å². The van der Waals surface area contributed by atoms with Crippen LogP contribution in [0.4, 0.5) is 0 Å². The molecule has 0 atom stereocenters. The van der Waals surface area contributed by atoms with Gasteiger partial charge in [-0.25, -0.2) is 0 Å². The first-order valence-corrected chi connectivity index (χ1v) is 10.9. The Balaban J connectivity index is 1.61. The predicted octanol–water partition coefficient (Wildman–Crippen LogP) is 4.24. The van der Waals surface area contributed by atoms with Crippen molar-refractivity contribution in [2.24, 2.45) is 0 Å². The Labute approximate surface area is 194 Å². The molecule has 0 saturated heterocycles. The molecule has 7 heteroatoms. The molecular weight excluding hydrogens is 420 g/mol. The summed E-state index contributed by atoms with van der Waals surface area (Å²) < 4.78 is 22.7. The number of nitrogens with zero attached hydrogens (tertiary/aromatic N) is 1. The van der Waals surface area contributed by atoms with Crippen molar-refractivity contribution in [3.05, 3.63) is 54.2 Å². The van der Waals surface area contributed by atoms with Gasteiger partial charge >= 0.3 is 0 Å². The molecule has 0 aliphatic heterocycles. The van der Waals surface area contributed by atoms with Crippen molar-refractivity contribution in [3.63, 3.8) is 0 Å². The van der Waals surface area contributed by atoms with E-state index in [1.165, 1.54) is 0 Å². The van der Waals surface area contributed by atoms with E-state index in [0.717, 1.165) is 10.9 Å². The minimum Gasteiger partial charge on any atom is -0.490 e. The summed E-state index contributed by atoms with van der Waals surface area (Å²) in [4.78, 5) is 17.0. The van der Waals surface area contributed by atoms with Gasteiger partial charge in [-0.05, 0) is 45.0 Å². The first-order chi connectivity index (χ1) is 16.2. The van der Waals surface area contributed by atoms with Crippen LogP contribution in [0.15, 0.2) is 48.7 Å². The molecule has 172 valence electrons. The second kappa shape index (κ2) is 12.2. The minimum absolute atomic E-state index is 0.178. The number of fused-ring (bicyclic) bond motifs is 1. The van der Waals surface area contributed by atoms with Gasteiger partial charge in [-0.1, -0.05) is 30.0 Å². The average Bonchev–Trinajstić information content (AvgIpc) is 2.83. The summed E-state index contributed by atoms with van der Waals surface area (Å²) >= 11 is 0. The summed E-state index contributed by atoms with van der Waals surface area (Å²) in [5.41, 5.74) is 1.20. The Morgan fingerprint density at radius 1 is 0.879 bits per heavy atom. The summed E-state index contributed by atoms with van der Waals surface area (Å²) in [5, 5.41) is 3.79. The molecular formula is C26H28N2O5. The molecule has 33 heavy (non-hydrogen) atoms. The summed E-state index contributed by atoms with van der Waals surface area (Å²) in [6.45, 7) is 7.32. The first kappa shape index (κ1) is 23.7. The molecule has 0 saturated carbocycles. The number of carbonyl (C=O) groups excluding carboxylic acids is 1. The van der Waals surface area contributed by atoms with Crippen LogP contribution in [0.2, 0.25) is 0 Å². The number of benzene rings is 2. The molecule has 0 fully saturated rings. The zero-order valence-corrected chi connectivity index (χ0v) is 19.1. The molecule has 3 aromatic rings. The van der Waals surface area contributed by atoms with E-state index in [9.17, 15) is 4.79 Å². The summed E-state index contributed by atoms with van der Waals surface area (Å²) in [5.74, 6) is 7.64. The van der Waals surface area contributed by atoms with Crippen LogP contribution in [-0.2, 0) is 0 Å². The SMILES string of the molecule is CCOc1cc(C(=O)NCC#CCOc2cccc3cccnc23)cc(OCC)c1OCC. The summed E-state index contributed by atoms with van der Waals surface area (Å²) in [7, 11) is 0. The second-order valence-electron chi connectivity index (χ2n) is 6.76. The Hall–Kier alpha value is -3.92. The standard InChI is InChI=1S/C26H28N2O5/c1-4-30-22-17-20(18-23(31-5-2)25(22)32-6-3)26(29)28-14-7-8-16-33-21-13-9-11-19-12-10-15-27-24(19)21/h9-13,15,17-18H,4-6,14,16H2,1-3H3,(H,28,29). The van der Waals surface area contributed by atoms with Gasteiger partial charge in [0.2, 0.25) is 5.75 Å². The van der Waals surface area contributed by atoms with Crippen LogP contribution in [0.25, 0.3) is 10.9 Å². The maximum absolute atomic E-state index is 12.7. The van der Waals surface area contributed by atoms with Gasteiger partial charge in [-0.3, -0.25) is 9.78 Å². The van der Waals surface area contributed by atoms with E-state index < -0.39 is 0 Å². The summed E-state index contributed by atoms with van der Waals surface area (Å²) in [6, 6.07) is 12.9. The van der Waals surface area contributed by atoms with Crippen LogP contribution in [0.1, 0.15) is 31.1 Å². The van der Waals surface area contributed by atoms with E-state index in [-0.39, 0.29) is 19.1 Å². The molecule has 0 aliphatic rings. The molecule has 1 heterocycles. The van der Waals surface area contributed by atoms with Gasteiger partial charge in [-0.15, -0.1) is 0 Å². The molecule has 2 aromatic carbocycles. The number of carbonyl (C=O) groups is 1. The van der Waals surface area contributed by atoms with E-state index in [1.807, 2.05) is 51.1 Å². The Morgan fingerprint density at radius 3 is 2.27 bits per heavy atom. The number of amides is 1. The van der Waals surface area contributed by atoms with Gasteiger partial charge in [0, 0.05) is 17.1 Å². The van der Waals surface area contributed by atoms with Crippen LogP contribution in [0.5, 0.6) is 23.0 Å². The van der Waals surface area contributed by atoms with Gasteiger partial charge in [-0.2, -0.15) is 0 Å². The second-order valence-corrected chi connectivity index (χ2v) is 6.76. The molecule has 1 amide bonds. The third-order valence-electron chi connectivity index (χ3n) is 4.53. The number of ether oxygens (including phenoxy) is 4. The molecule has 1 N–H and O–H groups in total. The Kier molecular flexibility index (Phi) is 8.78. The van der Waals surface area contributed by atoms with Crippen molar-refractivity contribution in [3.8, 4) is 34.8 Å². The van der Waals surface area contributed by atoms with E-state index in [1.54, 1.807) is 18.3 Å². The molecule has 0 aliphatic carbocycles. The zero-order chi connectivity index (χ0) is 23.5. The van der Waals surface area contributed by atoms with Gasteiger partial charge in [0.1, 0.15) is 17.9 Å². The Bertz CT molecular complexity index is 1120. The van der Waals surface area contributed by atoms with Crippen LogP contribution in [0.3, 0.4) is 0 Å². The lowest BCUT2D eigenvalue weighted by molar-refractivity contribution is 0.0957. The minimum atomic E-state index is -0.284. The number of hydrogen-bond acceptors (Lipinski definition) is 6. The lowest BCUT2D eigenvalue weighted by Crippen LogP contribution is -2.24. The fraction of sp³-hybridized carbons (Fsp3) is 0.308. The smallest absolute Gasteiger partial charge is 0.252 e. The van der Waals surface area contributed by atoms with E-state index >= 15 is 0 Å². The lowest BCUT2D eigenvalue weighted by atomic mass is 10.1. The van der Waals surface area contributed by atoms with Crippen molar-refractivity contribution in [2.45, 2.75) is 20.8 Å². The van der Waals surface area contributed by atoms with Gasteiger partial charge < -0.3 is 24.3 Å². The first-order valence-electron chi connectivity index (χ1n) is 10.9. The third kappa shape index (κ3) is 6.30. The quantitative estimate of drug-likeness (QED) is 0.468. The lowest BCUT2D eigenvalue weighted by Gasteiger charge is -2.16. The molecule has 0 unspecified atom stereocenters.